The van der Waals surface area contributed by atoms with E-state index in [-0.39, 0.29) is 24.7 Å². The van der Waals surface area contributed by atoms with Crippen LogP contribution >= 0.6 is 0 Å². The summed E-state index contributed by atoms with van der Waals surface area (Å²) in [6.07, 6.45) is 3.67. The lowest BCUT2D eigenvalue weighted by Crippen LogP contribution is -2.41. The van der Waals surface area contributed by atoms with Crippen molar-refractivity contribution in [3.05, 3.63) is 54.0 Å². The molecular formula is C23H26N6O2. The van der Waals surface area contributed by atoms with Gasteiger partial charge in [0.15, 0.2) is 0 Å². The zero-order valence-corrected chi connectivity index (χ0v) is 18.0. The lowest BCUT2D eigenvalue weighted by Gasteiger charge is -2.31. The molecule has 0 bridgehead atoms. The second-order valence-corrected chi connectivity index (χ2v) is 8.13. The monoisotopic (exact) mass is 418 g/mol. The maximum absolute atomic E-state index is 12.8. The Morgan fingerprint density at radius 3 is 2.68 bits per heavy atom. The van der Waals surface area contributed by atoms with Gasteiger partial charge in [-0.2, -0.15) is 5.10 Å². The number of hydrogen-bond donors (Lipinski definition) is 1. The van der Waals surface area contributed by atoms with Gasteiger partial charge in [0.25, 0.3) is 0 Å². The van der Waals surface area contributed by atoms with E-state index in [0.717, 1.165) is 34.9 Å². The molecular weight excluding hydrogens is 392 g/mol. The number of rotatable bonds is 5. The average molecular weight is 419 g/mol. The van der Waals surface area contributed by atoms with Crippen molar-refractivity contribution in [1.29, 1.82) is 0 Å². The normalized spacial score (nSPS) is 15.5. The third-order valence-electron chi connectivity index (χ3n) is 5.25. The summed E-state index contributed by atoms with van der Waals surface area (Å²) in [5.41, 5.74) is 3.72. The molecule has 8 nitrogen and oxygen atoms in total. The highest BCUT2D eigenvalue weighted by molar-refractivity contribution is 5.97. The van der Waals surface area contributed by atoms with E-state index in [4.69, 9.17) is 0 Å². The topological polar surface area (TPSA) is 93.0 Å². The maximum Gasteiger partial charge on any atom is 0.228 e. The molecule has 0 aliphatic carbocycles. The van der Waals surface area contributed by atoms with Gasteiger partial charge in [-0.15, -0.1) is 0 Å². The number of nitrogens with one attached hydrogen (secondary N) is 1. The third-order valence-corrected chi connectivity index (χ3v) is 5.25. The second-order valence-electron chi connectivity index (χ2n) is 8.13. The van der Waals surface area contributed by atoms with E-state index < -0.39 is 0 Å². The van der Waals surface area contributed by atoms with Crippen LogP contribution < -0.4 is 10.2 Å². The van der Waals surface area contributed by atoms with Gasteiger partial charge in [-0.25, -0.2) is 9.67 Å². The van der Waals surface area contributed by atoms with Crippen LogP contribution in [0, 0.1) is 19.8 Å². The van der Waals surface area contributed by atoms with Gasteiger partial charge in [0.1, 0.15) is 11.6 Å². The summed E-state index contributed by atoms with van der Waals surface area (Å²) in [5.74, 6) is 1.26. The maximum atomic E-state index is 12.8. The summed E-state index contributed by atoms with van der Waals surface area (Å²) in [5, 5.41) is 7.21. The Hall–Kier alpha value is -3.55. The molecule has 0 aromatic carbocycles. The molecule has 3 aromatic heterocycles. The van der Waals surface area contributed by atoms with E-state index in [1.165, 1.54) is 0 Å². The minimum absolute atomic E-state index is 0.0725. The molecule has 1 N–H and O–H groups in total. The quantitative estimate of drug-likeness (QED) is 0.686. The van der Waals surface area contributed by atoms with Gasteiger partial charge in [-0.3, -0.25) is 19.5 Å². The minimum atomic E-state index is -0.239. The molecule has 0 radical (unpaired) electrons. The molecule has 0 unspecified atom stereocenters. The van der Waals surface area contributed by atoms with Gasteiger partial charge in [-0.1, -0.05) is 6.92 Å². The highest BCUT2D eigenvalue weighted by Gasteiger charge is 2.27. The van der Waals surface area contributed by atoms with Crippen molar-refractivity contribution in [2.24, 2.45) is 5.92 Å². The molecule has 1 aliphatic rings. The Balaban J connectivity index is 1.34. The Bertz CT molecular complexity index is 1110. The number of fused-ring (bicyclic) bond motifs is 1. The fourth-order valence-electron chi connectivity index (χ4n) is 3.75. The van der Waals surface area contributed by atoms with Crippen LogP contribution in [0.5, 0.6) is 0 Å². The van der Waals surface area contributed by atoms with Crippen LogP contribution in [0.2, 0.25) is 0 Å². The summed E-state index contributed by atoms with van der Waals surface area (Å²) in [7, 11) is 0. The molecule has 160 valence electrons. The van der Waals surface area contributed by atoms with Crippen LogP contribution in [0.15, 0.2) is 42.7 Å². The molecule has 0 fully saturated rings. The first-order valence-corrected chi connectivity index (χ1v) is 10.4. The molecule has 1 aliphatic heterocycles. The molecule has 31 heavy (non-hydrogen) atoms. The summed E-state index contributed by atoms with van der Waals surface area (Å²) >= 11 is 0. The predicted molar refractivity (Wildman–Crippen MR) is 119 cm³/mol. The molecule has 1 atom stereocenters. The first-order valence-electron chi connectivity index (χ1n) is 10.4. The van der Waals surface area contributed by atoms with Crippen LogP contribution in [0.25, 0.3) is 11.3 Å². The zero-order chi connectivity index (χ0) is 22.0. The smallest absolute Gasteiger partial charge is 0.228 e. The molecule has 8 heteroatoms. The predicted octanol–water partition coefficient (Wildman–Crippen LogP) is 3.36. The summed E-state index contributed by atoms with van der Waals surface area (Å²) in [6, 6.07) is 9.45. The van der Waals surface area contributed by atoms with E-state index in [0.29, 0.717) is 18.3 Å². The number of hydrogen-bond acceptors (Lipinski definition) is 5. The van der Waals surface area contributed by atoms with Crippen LogP contribution in [0.4, 0.5) is 11.6 Å². The SMILES string of the molecule is Cc1ccnc(-c2ccc(NC(=O)CCC(=O)N3C[C@@H](C)Cn4nc(C)cc43)nc2)c1. The third kappa shape index (κ3) is 4.79. The Labute approximate surface area is 181 Å². The summed E-state index contributed by atoms with van der Waals surface area (Å²) in [6.45, 7) is 7.46. The molecule has 0 saturated heterocycles. The lowest BCUT2D eigenvalue weighted by molar-refractivity contribution is -0.122. The van der Waals surface area contributed by atoms with Crippen LogP contribution in [-0.4, -0.2) is 38.1 Å². The number of nitrogens with zero attached hydrogens (tertiary/aromatic N) is 5. The summed E-state index contributed by atoms with van der Waals surface area (Å²) in [4.78, 5) is 35.5. The average Bonchev–Trinajstić information content (AvgIpc) is 3.11. The second kappa shape index (κ2) is 8.67. The van der Waals surface area contributed by atoms with Gasteiger partial charge < -0.3 is 5.32 Å². The van der Waals surface area contributed by atoms with Crippen LogP contribution in [-0.2, 0) is 16.1 Å². The first kappa shape index (κ1) is 20.7. The van der Waals surface area contributed by atoms with Gasteiger partial charge >= 0.3 is 0 Å². The van der Waals surface area contributed by atoms with Crippen LogP contribution in [0.3, 0.4) is 0 Å². The van der Waals surface area contributed by atoms with Gasteiger partial charge in [0, 0.05) is 50.0 Å². The van der Waals surface area contributed by atoms with E-state index in [1.807, 2.05) is 42.8 Å². The Kier molecular flexibility index (Phi) is 5.79. The number of pyridine rings is 2. The minimum Gasteiger partial charge on any atom is -0.311 e. The van der Waals surface area contributed by atoms with Crippen molar-refractivity contribution in [1.82, 2.24) is 19.7 Å². The number of aryl methyl sites for hydroxylation is 2. The van der Waals surface area contributed by atoms with Gasteiger partial charge in [0.05, 0.1) is 11.4 Å². The van der Waals surface area contributed by atoms with E-state index >= 15 is 0 Å². The number of anilines is 2. The highest BCUT2D eigenvalue weighted by atomic mass is 16.2. The van der Waals surface area contributed by atoms with Gasteiger partial charge in [0.2, 0.25) is 11.8 Å². The van der Waals surface area contributed by atoms with Crippen molar-refractivity contribution in [2.45, 2.75) is 40.2 Å². The van der Waals surface area contributed by atoms with Crippen LogP contribution in [0.1, 0.15) is 31.0 Å². The number of amides is 2. The fraction of sp³-hybridized carbons (Fsp3) is 0.348. The van der Waals surface area contributed by atoms with E-state index in [1.54, 1.807) is 23.4 Å². The Morgan fingerprint density at radius 2 is 1.94 bits per heavy atom. The number of carbonyl (C=O) groups is 2. The largest absolute Gasteiger partial charge is 0.311 e. The van der Waals surface area contributed by atoms with Crippen molar-refractivity contribution in [3.8, 4) is 11.3 Å². The first-order chi connectivity index (χ1) is 14.9. The number of carbonyl (C=O) groups excluding carboxylic acids is 2. The number of aromatic nitrogens is 4. The molecule has 3 aromatic rings. The summed E-state index contributed by atoms with van der Waals surface area (Å²) < 4.78 is 1.87. The highest BCUT2D eigenvalue weighted by Crippen LogP contribution is 2.25. The zero-order valence-electron chi connectivity index (χ0n) is 18.0. The van der Waals surface area contributed by atoms with Crippen molar-refractivity contribution < 1.29 is 9.59 Å². The molecule has 2 amide bonds. The van der Waals surface area contributed by atoms with Crippen molar-refractivity contribution in [3.63, 3.8) is 0 Å². The lowest BCUT2D eigenvalue weighted by atomic mass is 10.1. The standard InChI is InChI=1S/C23H26N6O2/c1-15-8-9-24-19(10-15)18-4-5-20(25-12-18)26-21(30)6-7-23(31)28-13-16(2)14-29-22(28)11-17(3)27-29/h4-5,8-12,16H,6-7,13-14H2,1-3H3,(H,25,26,30)/t16-/m1/s1. The Morgan fingerprint density at radius 1 is 1.10 bits per heavy atom. The molecule has 0 saturated carbocycles. The van der Waals surface area contributed by atoms with Gasteiger partial charge in [-0.05, 0) is 49.6 Å². The fourth-order valence-corrected chi connectivity index (χ4v) is 3.75. The van der Waals surface area contributed by atoms with E-state index in [2.05, 4.69) is 27.3 Å². The molecule has 4 heterocycles. The van der Waals surface area contributed by atoms with Crippen molar-refractivity contribution in [2.75, 3.05) is 16.8 Å². The van der Waals surface area contributed by atoms with E-state index in [9.17, 15) is 9.59 Å². The van der Waals surface area contributed by atoms with Crippen molar-refractivity contribution >= 4 is 23.5 Å². The molecule has 0 spiro atoms. The molecule has 4 rings (SSSR count).